The average Bonchev–Trinajstić information content (AvgIpc) is 2.57. The van der Waals surface area contributed by atoms with E-state index < -0.39 is 0 Å². The van der Waals surface area contributed by atoms with Gasteiger partial charge in [-0.15, -0.1) is 11.8 Å². The fourth-order valence-corrected chi connectivity index (χ4v) is 2.94. The first-order chi connectivity index (χ1) is 11.2. The van der Waals surface area contributed by atoms with Crippen LogP contribution in [0.15, 0.2) is 54.6 Å². The van der Waals surface area contributed by atoms with Gasteiger partial charge in [0, 0.05) is 31.6 Å². The average molecular weight is 332 g/mol. The Hall–Kier alpha value is -2.01. The number of hydrogen-bond donors (Lipinski definition) is 1. The molecular weight excluding hydrogens is 311 g/mol. The van der Waals surface area contributed by atoms with Crippen molar-refractivity contribution in [3.8, 4) is 0 Å². The SMILES string of the molecule is CN(CCNC(=O)CSCc1ccccc1F)c1ccccc1. The van der Waals surface area contributed by atoms with Crippen molar-refractivity contribution >= 4 is 23.4 Å². The van der Waals surface area contributed by atoms with Crippen molar-refractivity contribution in [2.24, 2.45) is 0 Å². The number of rotatable bonds is 8. The van der Waals surface area contributed by atoms with Gasteiger partial charge in [0.25, 0.3) is 0 Å². The number of nitrogens with one attached hydrogen (secondary N) is 1. The quantitative estimate of drug-likeness (QED) is 0.805. The van der Waals surface area contributed by atoms with Crippen LogP contribution in [0.1, 0.15) is 5.56 Å². The van der Waals surface area contributed by atoms with Crippen molar-refractivity contribution in [1.82, 2.24) is 5.32 Å². The van der Waals surface area contributed by atoms with Crippen LogP contribution in [-0.2, 0) is 10.5 Å². The first-order valence-corrected chi connectivity index (χ1v) is 8.66. The maximum atomic E-state index is 13.4. The summed E-state index contributed by atoms with van der Waals surface area (Å²) in [7, 11) is 1.99. The molecule has 5 heteroatoms. The number of likely N-dealkylation sites (N-methyl/N-ethyl adjacent to an activating group) is 1. The summed E-state index contributed by atoms with van der Waals surface area (Å²) in [6, 6.07) is 16.7. The van der Waals surface area contributed by atoms with Gasteiger partial charge in [0.2, 0.25) is 5.91 Å². The highest BCUT2D eigenvalue weighted by Crippen LogP contribution is 2.15. The molecule has 2 aromatic carbocycles. The second-order valence-corrected chi connectivity index (χ2v) is 6.18. The van der Waals surface area contributed by atoms with E-state index in [1.54, 1.807) is 18.2 Å². The summed E-state index contributed by atoms with van der Waals surface area (Å²) < 4.78 is 13.4. The molecule has 1 amide bonds. The molecule has 122 valence electrons. The third-order valence-corrected chi connectivity index (χ3v) is 4.40. The molecule has 0 unspecified atom stereocenters. The van der Waals surface area contributed by atoms with E-state index >= 15 is 0 Å². The summed E-state index contributed by atoms with van der Waals surface area (Å²) >= 11 is 1.42. The normalized spacial score (nSPS) is 10.3. The molecule has 0 heterocycles. The zero-order valence-corrected chi connectivity index (χ0v) is 14.0. The number of thioether (sulfide) groups is 1. The third kappa shape index (κ3) is 5.94. The summed E-state index contributed by atoms with van der Waals surface area (Å²) in [6.07, 6.45) is 0. The largest absolute Gasteiger partial charge is 0.373 e. The number of para-hydroxylation sites is 1. The highest BCUT2D eigenvalue weighted by molar-refractivity contribution is 7.99. The van der Waals surface area contributed by atoms with Crippen molar-refractivity contribution in [1.29, 1.82) is 0 Å². The van der Waals surface area contributed by atoms with Crippen LogP contribution in [0.4, 0.5) is 10.1 Å². The zero-order valence-electron chi connectivity index (χ0n) is 13.2. The lowest BCUT2D eigenvalue weighted by Crippen LogP contribution is -2.33. The second-order valence-electron chi connectivity index (χ2n) is 5.19. The van der Waals surface area contributed by atoms with Crippen molar-refractivity contribution in [3.05, 3.63) is 66.0 Å². The molecule has 0 saturated carbocycles. The van der Waals surface area contributed by atoms with Crippen molar-refractivity contribution < 1.29 is 9.18 Å². The van der Waals surface area contributed by atoms with E-state index in [0.717, 1.165) is 12.2 Å². The molecule has 1 N–H and O–H groups in total. The van der Waals surface area contributed by atoms with E-state index in [-0.39, 0.29) is 11.7 Å². The first kappa shape index (κ1) is 17.3. The van der Waals surface area contributed by atoms with Gasteiger partial charge in [0.05, 0.1) is 5.75 Å². The Morgan fingerprint density at radius 1 is 1.13 bits per heavy atom. The number of amides is 1. The Labute approximate surface area is 140 Å². The van der Waals surface area contributed by atoms with Crippen molar-refractivity contribution in [2.45, 2.75) is 5.75 Å². The molecule has 0 aliphatic carbocycles. The van der Waals surface area contributed by atoms with Gasteiger partial charge < -0.3 is 10.2 Å². The molecule has 2 rings (SSSR count). The van der Waals surface area contributed by atoms with E-state index in [9.17, 15) is 9.18 Å². The van der Waals surface area contributed by atoms with Crippen LogP contribution in [0, 0.1) is 5.82 Å². The number of anilines is 1. The molecule has 0 saturated heterocycles. The lowest BCUT2D eigenvalue weighted by Gasteiger charge is -2.19. The van der Waals surface area contributed by atoms with Gasteiger partial charge in [-0.05, 0) is 23.8 Å². The summed E-state index contributed by atoms with van der Waals surface area (Å²) in [5, 5.41) is 2.89. The number of hydrogen-bond acceptors (Lipinski definition) is 3. The number of benzene rings is 2. The van der Waals surface area contributed by atoms with Gasteiger partial charge in [0.1, 0.15) is 5.82 Å². The lowest BCUT2D eigenvalue weighted by molar-refractivity contribution is -0.118. The maximum absolute atomic E-state index is 13.4. The molecule has 0 aromatic heterocycles. The van der Waals surface area contributed by atoms with Gasteiger partial charge in [0.15, 0.2) is 0 Å². The number of halogens is 1. The molecule has 0 aliphatic heterocycles. The number of carbonyl (C=O) groups is 1. The predicted octanol–water partition coefficient (Wildman–Crippen LogP) is 3.31. The van der Waals surface area contributed by atoms with Crippen LogP contribution in [0.2, 0.25) is 0 Å². The summed E-state index contributed by atoms with van der Waals surface area (Å²) in [5.74, 6) is 0.602. The third-order valence-electron chi connectivity index (χ3n) is 3.41. The van der Waals surface area contributed by atoms with Crippen LogP contribution < -0.4 is 10.2 Å². The Balaban J connectivity index is 1.63. The van der Waals surface area contributed by atoms with Crippen molar-refractivity contribution in [2.75, 3.05) is 30.8 Å². The zero-order chi connectivity index (χ0) is 16.5. The lowest BCUT2D eigenvalue weighted by atomic mass is 10.2. The van der Waals surface area contributed by atoms with E-state index in [0.29, 0.717) is 23.6 Å². The van der Waals surface area contributed by atoms with Crippen LogP contribution in [0.25, 0.3) is 0 Å². The van der Waals surface area contributed by atoms with E-state index in [2.05, 4.69) is 10.2 Å². The Morgan fingerprint density at radius 3 is 2.57 bits per heavy atom. The second kappa shape index (κ2) is 9.20. The van der Waals surface area contributed by atoms with Crippen LogP contribution in [-0.4, -0.2) is 31.8 Å². The van der Waals surface area contributed by atoms with E-state index in [4.69, 9.17) is 0 Å². The molecule has 2 aromatic rings. The molecule has 23 heavy (non-hydrogen) atoms. The summed E-state index contributed by atoms with van der Waals surface area (Å²) in [5.41, 5.74) is 1.75. The standard InChI is InChI=1S/C18H21FN2OS/c1-21(16-8-3-2-4-9-16)12-11-20-18(22)14-23-13-15-7-5-6-10-17(15)19/h2-10H,11-14H2,1H3,(H,20,22). The molecular formula is C18H21FN2OS. The molecule has 0 radical (unpaired) electrons. The molecule has 0 fully saturated rings. The monoisotopic (exact) mass is 332 g/mol. The highest BCUT2D eigenvalue weighted by Gasteiger charge is 2.05. The summed E-state index contributed by atoms with van der Waals surface area (Å²) in [6.45, 7) is 1.33. The van der Waals surface area contributed by atoms with Crippen LogP contribution in [0.5, 0.6) is 0 Å². The minimum absolute atomic E-state index is 0.0206. The van der Waals surface area contributed by atoms with E-state index in [1.165, 1.54) is 17.8 Å². The van der Waals surface area contributed by atoms with Gasteiger partial charge in [-0.25, -0.2) is 4.39 Å². The van der Waals surface area contributed by atoms with Gasteiger partial charge in [-0.1, -0.05) is 36.4 Å². The van der Waals surface area contributed by atoms with E-state index in [1.807, 2.05) is 37.4 Å². The van der Waals surface area contributed by atoms with Crippen LogP contribution in [0.3, 0.4) is 0 Å². The Morgan fingerprint density at radius 2 is 1.83 bits per heavy atom. The van der Waals surface area contributed by atoms with Crippen molar-refractivity contribution in [3.63, 3.8) is 0 Å². The fourth-order valence-electron chi connectivity index (χ4n) is 2.09. The van der Waals surface area contributed by atoms with Gasteiger partial charge in [-0.3, -0.25) is 4.79 Å². The molecule has 0 bridgehead atoms. The molecule has 3 nitrogen and oxygen atoms in total. The van der Waals surface area contributed by atoms with Gasteiger partial charge >= 0.3 is 0 Å². The number of carbonyl (C=O) groups excluding carboxylic acids is 1. The topological polar surface area (TPSA) is 32.3 Å². The molecule has 0 aliphatic rings. The first-order valence-electron chi connectivity index (χ1n) is 7.51. The molecule has 0 spiro atoms. The summed E-state index contributed by atoms with van der Waals surface area (Å²) in [4.78, 5) is 13.9. The predicted molar refractivity (Wildman–Crippen MR) is 95.3 cm³/mol. The Kier molecular flexibility index (Phi) is 6.94. The van der Waals surface area contributed by atoms with Gasteiger partial charge in [-0.2, -0.15) is 0 Å². The number of nitrogens with zero attached hydrogens (tertiary/aromatic N) is 1. The fraction of sp³-hybridized carbons (Fsp3) is 0.278. The minimum Gasteiger partial charge on any atom is -0.373 e. The minimum atomic E-state index is -0.218. The Bertz CT molecular complexity index is 621. The smallest absolute Gasteiger partial charge is 0.230 e. The highest BCUT2D eigenvalue weighted by atomic mass is 32.2. The molecule has 0 atom stereocenters. The maximum Gasteiger partial charge on any atom is 0.230 e. The van der Waals surface area contributed by atoms with Crippen LogP contribution >= 0.6 is 11.8 Å².